The second kappa shape index (κ2) is 23.7. The number of aromatic nitrogens is 4. The molecule has 5 atom stereocenters. The largest absolute Gasteiger partial charge is 0.384 e. The van der Waals surface area contributed by atoms with Gasteiger partial charge in [-0.2, -0.15) is 38.5 Å². The molecule has 4 aliphatic rings. The number of Topliss-reactive ketones (excluding diaryl/α,β-unsaturated/α-hetero) is 1. The molecule has 3 aromatic heterocycles. The van der Waals surface area contributed by atoms with Gasteiger partial charge in [-0.15, -0.1) is 23.1 Å². The summed E-state index contributed by atoms with van der Waals surface area (Å²) in [7, 11) is 0. The summed E-state index contributed by atoms with van der Waals surface area (Å²) in [5.74, 6) is -3.15. The molecule has 0 bridgehead atoms. The highest BCUT2D eigenvalue weighted by molar-refractivity contribution is 8.09. The van der Waals surface area contributed by atoms with E-state index in [0.29, 0.717) is 45.0 Å². The standard InChI is InChI=1S/C63H54F4N8O2S4/c1-6-10-12-33(8-3)25-63(26-34(9-4)13-11-7-2)47-23-52(40-15-14-36(56-58(40)75-81-73-56)19-46-54(37(28-68)29-69)32(5)41(59(46)76)20-39(65)27-64)78-61(47)62-48(63)24-53(79-62)44-16-35(18-51-57(44)74-80-72-51)17-45-55(38(30-70)31-71)42-21-49(66)50(67)22-43(42)60(45)77/h14-24,33-34,47,60-61,77H,6-13,25-27H2,1-5H3/b39-20+,45-17?,46-19-. The summed E-state index contributed by atoms with van der Waals surface area (Å²) in [5.41, 5.74) is 5.99. The van der Waals surface area contributed by atoms with Crippen LogP contribution in [0.25, 0.3) is 55.1 Å². The minimum atomic E-state index is -1.46. The van der Waals surface area contributed by atoms with Crippen molar-refractivity contribution in [1.82, 2.24) is 17.5 Å². The van der Waals surface area contributed by atoms with Gasteiger partial charge in [-0.05, 0) is 114 Å². The van der Waals surface area contributed by atoms with Crippen molar-refractivity contribution in [3.05, 3.63) is 149 Å². The second-order valence-corrected chi connectivity index (χ2v) is 24.5. The third kappa shape index (κ3) is 10.1. The first-order valence-corrected chi connectivity index (χ1v) is 30.3. The van der Waals surface area contributed by atoms with Crippen molar-refractivity contribution >= 4 is 97.0 Å². The Morgan fingerprint density at radius 2 is 1.43 bits per heavy atom. The van der Waals surface area contributed by atoms with E-state index in [4.69, 9.17) is 13.1 Å². The second-order valence-electron chi connectivity index (χ2n) is 21.2. The molecular formula is C63H54F4N8O2S4. The van der Waals surface area contributed by atoms with Crippen molar-refractivity contribution in [2.75, 3.05) is 6.67 Å². The first-order chi connectivity index (χ1) is 39.2. The van der Waals surface area contributed by atoms with Crippen molar-refractivity contribution in [3.8, 4) is 34.7 Å². The molecule has 6 aromatic rings. The van der Waals surface area contributed by atoms with Gasteiger partial charge in [0.1, 0.15) is 76.1 Å². The van der Waals surface area contributed by atoms with Crippen LogP contribution in [0.1, 0.15) is 148 Å². The molecule has 5 unspecified atom stereocenters. The molecule has 1 N–H and O–H groups in total. The van der Waals surface area contributed by atoms with Gasteiger partial charge in [-0.3, -0.25) is 4.79 Å². The van der Waals surface area contributed by atoms with Crippen molar-refractivity contribution in [3.63, 3.8) is 0 Å². The highest BCUT2D eigenvalue weighted by atomic mass is 32.2. The first-order valence-electron chi connectivity index (χ1n) is 27.1. The zero-order chi connectivity index (χ0) is 57.4. The zero-order valence-electron chi connectivity index (χ0n) is 45.1. The lowest BCUT2D eigenvalue weighted by atomic mass is 9.63. The smallest absolute Gasteiger partial charge is 0.194 e. The number of hydrogen-bond acceptors (Lipinski definition) is 14. The molecule has 10 nitrogen and oxygen atoms in total. The van der Waals surface area contributed by atoms with Gasteiger partial charge in [0.15, 0.2) is 17.4 Å². The number of unbranched alkanes of at least 4 members (excludes halogenated alkanes) is 2. The average molecular weight is 1160 g/mol. The summed E-state index contributed by atoms with van der Waals surface area (Å²) in [5, 5.41) is 51.8. The van der Waals surface area contributed by atoms with Gasteiger partial charge < -0.3 is 5.11 Å². The van der Waals surface area contributed by atoms with Gasteiger partial charge >= 0.3 is 0 Å². The summed E-state index contributed by atoms with van der Waals surface area (Å²) in [4.78, 5) is 17.3. The number of fused-ring (bicyclic) bond motifs is 6. The summed E-state index contributed by atoms with van der Waals surface area (Å²) in [6, 6.07) is 19.3. The molecule has 1 aliphatic heterocycles. The number of allylic oxidation sites excluding steroid dienone is 9. The Labute approximate surface area is 484 Å². The molecule has 0 saturated heterocycles. The predicted molar refractivity (Wildman–Crippen MR) is 314 cm³/mol. The van der Waals surface area contributed by atoms with Gasteiger partial charge in [0.2, 0.25) is 0 Å². The van der Waals surface area contributed by atoms with E-state index in [9.17, 15) is 48.5 Å². The summed E-state index contributed by atoms with van der Waals surface area (Å²) >= 11 is 5.64. The van der Waals surface area contributed by atoms with Gasteiger partial charge in [-0.25, -0.2) is 17.6 Å². The van der Waals surface area contributed by atoms with Crippen molar-refractivity contribution in [1.29, 1.82) is 21.0 Å². The molecule has 410 valence electrons. The Morgan fingerprint density at radius 1 is 0.790 bits per heavy atom. The number of alkyl halides is 1. The summed E-state index contributed by atoms with van der Waals surface area (Å²) in [6.45, 7) is 9.16. The monoisotopic (exact) mass is 1160 g/mol. The Bertz CT molecular complexity index is 3950. The van der Waals surface area contributed by atoms with E-state index in [2.05, 4.69) is 44.2 Å². The lowest BCUT2D eigenvalue weighted by Gasteiger charge is -2.41. The van der Waals surface area contributed by atoms with Gasteiger partial charge in [0.25, 0.3) is 0 Å². The molecule has 0 saturated carbocycles. The molecule has 0 amide bonds. The minimum Gasteiger partial charge on any atom is -0.384 e. The molecule has 4 heterocycles. The van der Waals surface area contributed by atoms with Crippen molar-refractivity contribution in [2.24, 2.45) is 17.8 Å². The number of halogens is 4. The average Bonchev–Trinajstić information content (AvgIpc) is 2.41. The van der Waals surface area contributed by atoms with E-state index in [1.807, 2.05) is 60.3 Å². The van der Waals surface area contributed by atoms with E-state index >= 15 is 0 Å². The molecule has 10 rings (SSSR count). The van der Waals surface area contributed by atoms with Crippen LogP contribution in [0.15, 0.2) is 99.5 Å². The number of benzene rings is 3. The normalized spacial score (nSPS) is 21.1. The molecule has 18 heteroatoms. The van der Waals surface area contributed by atoms with Crippen LogP contribution in [0, 0.1) is 74.7 Å². The predicted octanol–water partition coefficient (Wildman–Crippen LogP) is 17.0. The maximum atomic E-state index is 14.8. The molecule has 3 aliphatic carbocycles. The van der Waals surface area contributed by atoms with Crippen LogP contribution in [-0.2, 0) is 10.2 Å². The number of nitriles is 4. The maximum Gasteiger partial charge on any atom is 0.194 e. The van der Waals surface area contributed by atoms with Crippen LogP contribution >= 0.6 is 46.6 Å². The van der Waals surface area contributed by atoms with E-state index in [1.54, 1.807) is 23.5 Å². The van der Waals surface area contributed by atoms with E-state index in [1.165, 1.54) is 17.4 Å². The van der Waals surface area contributed by atoms with Gasteiger partial charge in [0.05, 0.1) is 28.7 Å². The Kier molecular flexibility index (Phi) is 16.7. The highest BCUT2D eigenvalue weighted by Crippen LogP contribution is 2.69. The SMILES string of the molecule is CCCCC(CC)CC1(CC(CC)CCCC)c2cc(-c3cc(C=C4C(=C(C#N)C#N)c5cc(F)c(F)cc5C4O)cc4nsnc34)sc2C2SC(c3ccc(/C=C4\C(=O)C(/C=C(/F)CF)=C(C)C4=C(C#N)C#N)c4nsnc34)=CC21. The lowest BCUT2D eigenvalue weighted by molar-refractivity contribution is -0.111. The number of nitrogens with zero attached hydrogens (tertiary/aromatic N) is 8. The summed E-state index contributed by atoms with van der Waals surface area (Å²) in [6.07, 6.45) is 15.7. The number of thioether (sulfide) groups is 1. The number of hydrogen-bond donors (Lipinski definition) is 1. The number of aliphatic hydroxyl groups is 1. The number of thiophene rings is 1. The van der Waals surface area contributed by atoms with Crippen molar-refractivity contribution < 1.29 is 27.5 Å². The zero-order valence-corrected chi connectivity index (χ0v) is 48.4. The molecule has 3 aromatic carbocycles. The van der Waals surface area contributed by atoms with Crippen LogP contribution in [0.3, 0.4) is 0 Å². The van der Waals surface area contributed by atoms with Crippen LogP contribution < -0.4 is 0 Å². The van der Waals surface area contributed by atoms with E-state index in [0.717, 1.165) is 127 Å². The fourth-order valence-electron chi connectivity index (χ4n) is 12.6. The molecular weight excluding hydrogens is 1110 g/mol. The van der Waals surface area contributed by atoms with Gasteiger partial charge in [0, 0.05) is 65.0 Å². The Hall–Kier alpha value is -7.16. The maximum absolute atomic E-state index is 14.8. The van der Waals surface area contributed by atoms with E-state index in [-0.39, 0.29) is 72.3 Å². The Morgan fingerprint density at radius 3 is 2.09 bits per heavy atom. The fourth-order valence-corrected chi connectivity index (χ4v) is 16.8. The fraction of sp³-hybridized carbons (Fsp3) is 0.349. The number of carbonyl (C=O) groups is 1. The molecule has 0 radical (unpaired) electrons. The number of aliphatic hydroxyl groups excluding tert-OH is 1. The third-order valence-corrected chi connectivity index (χ3v) is 20.5. The molecule has 0 fully saturated rings. The Balaban J connectivity index is 1.12. The van der Waals surface area contributed by atoms with Crippen LogP contribution in [0.2, 0.25) is 0 Å². The minimum absolute atomic E-state index is 0.000797. The first kappa shape index (κ1) is 57.1. The lowest BCUT2D eigenvalue weighted by Crippen LogP contribution is -2.36. The molecule has 0 spiro atoms. The molecule has 81 heavy (non-hydrogen) atoms. The third-order valence-electron chi connectivity index (χ3n) is 16.6. The number of rotatable bonds is 18. The number of carbonyl (C=O) groups excluding carboxylic acids is 1. The van der Waals surface area contributed by atoms with Crippen LogP contribution in [-0.4, -0.2) is 35.1 Å². The van der Waals surface area contributed by atoms with Crippen molar-refractivity contribution in [2.45, 2.75) is 116 Å². The summed E-state index contributed by atoms with van der Waals surface area (Å²) < 4.78 is 76.3. The topological polar surface area (TPSA) is 184 Å². The highest BCUT2D eigenvalue weighted by Gasteiger charge is 2.56. The quantitative estimate of drug-likeness (QED) is 0.0491. The van der Waals surface area contributed by atoms with Gasteiger partial charge in [-0.1, -0.05) is 97.3 Å². The van der Waals surface area contributed by atoms with Crippen LogP contribution in [0.5, 0.6) is 0 Å². The van der Waals surface area contributed by atoms with E-state index < -0.39 is 36.0 Å². The number of ketones is 1. The van der Waals surface area contributed by atoms with Crippen LogP contribution in [0.4, 0.5) is 17.6 Å².